The minimum atomic E-state index is -0.183. The zero-order chi connectivity index (χ0) is 18.8. The average molecular weight is 382 g/mol. The van der Waals surface area contributed by atoms with Crippen molar-refractivity contribution < 1.29 is 9.32 Å². The van der Waals surface area contributed by atoms with Crippen LogP contribution in [0.5, 0.6) is 0 Å². The zero-order valence-corrected chi connectivity index (χ0v) is 15.8. The van der Waals surface area contributed by atoms with Gasteiger partial charge in [-0.05, 0) is 61.2 Å². The average Bonchev–Trinajstić information content (AvgIpc) is 3.37. The molecular weight excluding hydrogens is 362 g/mol. The lowest BCUT2D eigenvalue weighted by atomic mass is 10.1. The SMILES string of the molecule is CCc1ccc(C(=O)N2CCC[C@@H]2c2nc(-c3ccc(Cl)cc3)no2)cc1. The molecule has 1 aliphatic rings. The van der Waals surface area contributed by atoms with Gasteiger partial charge in [-0.1, -0.05) is 35.8 Å². The molecule has 1 aromatic heterocycles. The van der Waals surface area contributed by atoms with Gasteiger partial charge in [0.1, 0.15) is 6.04 Å². The molecule has 1 saturated heterocycles. The van der Waals surface area contributed by atoms with Crippen LogP contribution in [-0.2, 0) is 6.42 Å². The fourth-order valence-electron chi connectivity index (χ4n) is 3.40. The first-order valence-electron chi connectivity index (χ1n) is 9.15. The van der Waals surface area contributed by atoms with Crippen molar-refractivity contribution in [2.45, 2.75) is 32.2 Å². The number of halogens is 1. The number of aryl methyl sites for hydroxylation is 1. The van der Waals surface area contributed by atoms with E-state index in [0.717, 1.165) is 24.8 Å². The number of rotatable bonds is 4. The molecule has 2 aromatic carbocycles. The zero-order valence-electron chi connectivity index (χ0n) is 15.1. The van der Waals surface area contributed by atoms with Crippen molar-refractivity contribution in [3.8, 4) is 11.4 Å². The van der Waals surface area contributed by atoms with E-state index in [4.69, 9.17) is 16.1 Å². The second kappa shape index (κ2) is 7.53. The minimum absolute atomic E-state index is 0.00592. The third-order valence-electron chi connectivity index (χ3n) is 4.95. The standard InChI is InChI=1S/C21H20ClN3O2/c1-2-14-5-7-16(8-6-14)21(26)25-13-3-4-18(25)20-23-19(24-27-20)15-9-11-17(22)12-10-15/h5-12,18H,2-4,13H2,1H3/t18-/m1/s1. The predicted octanol–water partition coefficient (Wildman–Crippen LogP) is 4.93. The van der Waals surface area contributed by atoms with E-state index in [9.17, 15) is 4.79 Å². The van der Waals surface area contributed by atoms with E-state index in [1.54, 1.807) is 12.1 Å². The number of likely N-dealkylation sites (tertiary alicyclic amines) is 1. The molecule has 1 fully saturated rings. The Labute approximate surface area is 163 Å². The third kappa shape index (κ3) is 3.60. The van der Waals surface area contributed by atoms with Crippen molar-refractivity contribution in [3.63, 3.8) is 0 Å². The highest BCUT2D eigenvalue weighted by Crippen LogP contribution is 2.33. The quantitative estimate of drug-likeness (QED) is 0.642. The number of benzene rings is 2. The molecule has 0 aliphatic carbocycles. The summed E-state index contributed by atoms with van der Waals surface area (Å²) in [5, 5.41) is 4.74. The van der Waals surface area contributed by atoms with Crippen molar-refractivity contribution in [3.05, 3.63) is 70.6 Å². The van der Waals surface area contributed by atoms with Gasteiger partial charge in [-0.15, -0.1) is 0 Å². The Morgan fingerprint density at radius 2 is 1.93 bits per heavy atom. The smallest absolute Gasteiger partial charge is 0.254 e. The number of amides is 1. The Balaban J connectivity index is 1.56. The van der Waals surface area contributed by atoms with E-state index in [0.29, 0.717) is 28.8 Å². The van der Waals surface area contributed by atoms with Crippen molar-refractivity contribution in [1.82, 2.24) is 15.0 Å². The summed E-state index contributed by atoms with van der Waals surface area (Å²) in [5.41, 5.74) is 2.74. The number of carbonyl (C=O) groups excluding carboxylic acids is 1. The summed E-state index contributed by atoms with van der Waals surface area (Å²) < 4.78 is 5.50. The molecule has 138 valence electrons. The van der Waals surface area contributed by atoms with Crippen LogP contribution in [0.15, 0.2) is 53.1 Å². The summed E-state index contributed by atoms with van der Waals surface area (Å²) in [4.78, 5) is 19.3. The molecule has 0 saturated carbocycles. The van der Waals surface area contributed by atoms with Crippen LogP contribution in [0.4, 0.5) is 0 Å². The predicted molar refractivity (Wildman–Crippen MR) is 104 cm³/mol. The van der Waals surface area contributed by atoms with Gasteiger partial charge in [0.05, 0.1) is 0 Å². The first-order chi connectivity index (χ1) is 13.2. The lowest BCUT2D eigenvalue weighted by Gasteiger charge is -2.22. The van der Waals surface area contributed by atoms with Gasteiger partial charge in [0.2, 0.25) is 11.7 Å². The minimum Gasteiger partial charge on any atom is -0.337 e. The lowest BCUT2D eigenvalue weighted by Crippen LogP contribution is -2.30. The largest absolute Gasteiger partial charge is 0.337 e. The molecule has 0 N–H and O–H groups in total. The highest BCUT2D eigenvalue weighted by atomic mass is 35.5. The van der Waals surface area contributed by atoms with Gasteiger partial charge in [-0.3, -0.25) is 4.79 Å². The molecule has 27 heavy (non-hydrogen) atoms. The van der Waals surface area contributed by atoms with Crippen LogP contribution in [-0.4, -0.2) is 27.5 Å². The molecule has 5 nitrogen and oxygen atoms in total. The topological polar surface area (TPSA) is 59.2 Å². The Kier molecular flexibility index (Phi) is 4.94. The Morgan fingerprint density at radius 1 is 1.19 bits per heavy atom. The molecule has 6 heteroatoms. The second-order valence-corrected chi connectivity index (χ2v) is 7.11. The van der Waals surface area contributed by atoms with Gasteiger partial charge in [-0.25, -0.2) is 0 Å². The maximum absolute atomic E-state index is 13.0. The highest BCUT2D eigenvalue weighted by molar-refractivity contribution is 6.30. The molecule has 4 rings (SSSR count). The normalized spacial score (nSPS) is 16.7. The van der Waals surface area contributed by atoms with E-state index in [2.05, 4.69) is 17.1 Å². The van der Waals surface area contributed by atoms with Crippen LogP contribution >= 0.6 is 11.6 Å². The van der Waals surface area contributed by atoms with Crippen LogP contribution in [0.25, 0.3) is 11.4 Å². The van der Waals surface area contributed by atoms with Crippen LogP contribution in [0, 0.1) is 0 Å². The van der Waals surface area contributed by atoms with Gasteiger partial charge in [0.15, 0.2) is 0 Å². The lowest BCUT2D eigenvalue weighted by molar-refractivity contribution is 0.0710. The first-order valence-corrected chi connectivity index (χ1v) is 9.53. The molecule has 0 radical (unpaired) electrons. The van der Waals surface area contributed by atoms with E-state index < -0.39 is 0 Å². The van der Waals surface area contributed by atoms with E-state index in [1.807, 2.05) is 41.3 Å². The molecule has 0 unspecified atom stereocenters. The second-order valence-electron chi connectivity index (χ2n) is 6.67. The number of aromatic nitrogens is 2. The number of nitrogens with zero attached hydrogens (tertiary/aromatic N) is 3. The van der Waals surface area contributed by atoms with Crippen LogP contribution in [0.1, 0.15) is 47.6 Å². The summed E-state index contributed by atoms with van der Waals surface area (Å²) in [6.45, 7) is 2.79. The molecule has 1 atom stereocenters. The van der Waals surface area contributed by atoms with E-state index in [-0.39, 0.29) is 11.9 Å². The molecular formula is C21H20ClN3O2. The van der Waals surface area contributed by atoms with Gasteiger partial charge in [-0.2, -0.15) is 4.98 Å². The molecule has 0 spiro atoms. The Bertz CT molecular complexity index is 935. The molecule has 1 aliphatic heterocycles. The van der Waals surface area contributed by atoms with Crippen LogP contribution < -0.4 is 0 Å². The van der Waals surface area contributed by atoms with Gasteiger partial charge >= 0.3 is 0 Å². The number of hydrogen-bond donors (Lipinski definition) is 0. The summed E-state index contributed by atoms with van der Waals surface area (Å²) in [5.74, 6) is 0.996. The highest BCUT2D eigenvalue weighted by Gasteiger charge is 2.34. The summed E-state index contributed by atoms with van der Waals surface area (Å²) in [6.07, 6.45) is 2.69. The van der Waals surface area contributed by atoms with Crippen LogP contribution in [0.2, 0.25) is 5.02 Å². The maximum atomic E-state index is 13.0. The first kappa shape index (κ1) is 17.7. The Morgan fingerprint density at radius 3 is 2.63 bits per heavy atom. The molecule has 2 heterocycles. The fraction of sp³-hybridized carbons (Fsp3) is 0.286. The summed E-state index contributed by atoms with van der Waals surface area (Å²) in [7, 11) is 0. The fourth-order valence-corrected chi connectivity index (χ4v) is 3.53. The summed E-state index contributed by atoms with van der Waals surface area (Å²) >= 11 is 5.93. The molecule has 1 amide bonds. The van der Waals surface area contributed by atoms with Gasteiger partial charge in [0.25, 0.3) is 5.91 Å². The third-order valence-corrected chi connectivity index (χ3v) is 5.20. The van der Waals surface area contributed by atoms with Crippen molar-refractivity contribution in [1.29, 1.82) is 0 Å². The maximum Gasteiger partial charge on any atom is 0.254 e. The van der Waals surface area contributed by atoms with E-state index >= 15 is 0 Å². The molecule has 3 aromatic rings. The van der Waals surface area contributed by atoms with Crippen molar-refractivity contribution >= 4 is 17.5 Å². The van der Waals surface area contributed by atoms with Crippen molar-refractivity contribution in [2.24, 2.45) is 0 Å². The number of hydrogen-bond acceptors (Lipinski definition) is 4. The Hall–Kier alpha value is -2.66. The van der Waals surface area contributed by atoms with Crippen molar-refractivity contribution in [2.75, 3.05) is 6.54 Å². The molecule has 0 bridgehead atoms. The monoisotopic (exact) mass is 381 g/mol. The van der Waals surface area contributed by atoms with Gasteiger partial charge in [0, 0.05) is 22.7 Å². The van der Waals surface area contributed by atoms with E-state index in [1.165, 1.54) is 5.56 Å². The van der Waals surface area contributed by atoms with Gasteiger partial charge < -0.3 is 9.42 Å². The summed E-state index contributed by atoms with van der Waals surface area (Å²) in [6, 6.07) is 14.9. The number of carbonyl (C=O) groups is 1. The van der Waals surface area contributed by atoms with Crippen LogP contribution in [0.3, 0.4) is 0 Å².